The van der Waals surface area contributed by atoms with E-state index in [1.54, 1.807) is 0 Å². The SMILES string of the molecule is CC1=CC2CC1C(C(=O)NCc1cccc(CN3C(=O)C4C5C=C(C)C(C5)C4C3=O)c1)C2C=O. The molecule has 6 heteroatoms. The van der Waals surface area contributed by atoms with Gasteiger partial charge in [0.1, 0.15) is 6.29 Å². The van der Waals surface area contributed by atoms with Crippen LogP contribution in [0.1, 0.15) is 37.8 Å². The van der Waals surface area contributed by atoms with Crippen LogP contribution < -0.4 is 5.32 Å². The molecule has 6 rings (SSSR count). The van der Waals surface area contributed by atoms with Crippen molar-refractivity contribution in [3.63, 3.8) is 0 Å². The zero-order valence-corrected chi connectivity index (χ0v) is 19.6. The Morgan fingerprint density at radius 3 is 2.47 bits per heavy atom. The Morgan fingerprint density at radius 2 is 1.68 bits per heavy atom. The molecule has 34 heavy (non-hydrogen) atoms. The first-order valence-electron chi connectivity index (χ1n) is 12.4. The van der Waals surface area contributed by atoms with Gasteiger partial charge in [-0.25, -0.2) is 0 Å². The molecule has 1 aliphatic heterocycles. The fraction of sp³-hybridized carbons (Fsp3) is 0.500. The van der Waals surface area contributed by atoms with E-state index in [1.165, 1.54) is 16.0 Å². The minimum Gasteiger partial charge on any atom is -0.352 e. The van der Waals surface area contributed by atoms with E-state index in [0.29, 0.717) is 6.54 Å². The molecule has 4 aliphatic carbocycles. The first-order valence-corrected chi connectivity index (χ1v) is 12.4. The largest absolute Gasteiger partial charge is 0.352 e. The third-order valence-corrected chi connectivity index (χ3v) is 9.16. The van der Waals surface area contributed by atoms with E-state index in [1.807, 2.05) is 31.2 Å². The minimum absolute atomic E-state index is 0.0340. The van der Waals surface area contributed by atoms with Crippen molar-refractivity contribution >= 4 is 24.0 Å². The van der Waals surface area contributed by atoms with Gasteiger partial charge >= 0.3 is 0 Å². The van der Waals surface area contributed by atoms with Gasteiger partial charge in [-0.2, -0.15) is 0 Å². The number of rotatable bonds is 6. The molecule has 0 radical (unpaired) electrons. The lowest BCUT2D eigenvalue weighted by Gasteiger charge is -2.25. The van der Waals surface area contributed by atoms with Crippen molar-refractivity contribution in [3.8, 4) is 0 Å². The van der Waals surface area contributed by atoms with Gasteiger partial charge in [-0.05, 0) is 61.5 Å². The van der Waals surface area contributed by atoms with Crippen molar-refractivity contribution in [1.82, 2.24) is 10.2 Å². The molecule has 1 heterocycles. The van der Waals surface area contributed by atoms with E-state index in [0.717, 1.165) is 30.3 Å². The molecule has 8 unspecified atom stereocenters. The smallest absolute Gasteiger partial charge is 0.234 e. The number of fused-ring (bicyclic) bond motifs is 7. The Labute approximate surface area is 199 Å². The molecule has 1 N–H and O–H groups in total. The second-order valence-corrected chi connectivity index (χ2v) is 10.9. The fourth-order valence-corrected chi connectivity index (χ4v) is 7.60. The van der Waals surface area contributed by atoms with E-state index in [2.05, 4.69) is 24.4 Å². The quantitative estimate of drug-likeness (QED) is 0.404. The Kier molecular flexibility index (Phi) is 4.91. The molecule has 3 amide bonds. The van der Waals surface area contributed by atoms with E-state index >= 15 is 0 Å². The number of likely N-dealkylation sites (tertiary alicyclic amines) is 1. The van der Waals surface area contributed by atoms with Crippen LogP contribution in [0.5, 0.6) is 0 Å². The maximum absolute atomic E-state index is 13.1. The first-order chi connectivity index (χ1) is 16.4. The monoisotopic (exact) mass is 458 g/mol. The highest BCUT2D eigenvalue weighted by Gasteiger charge is 2.60. The Bertz CT molecular complexity index is 1170. The van der Waals surface area contributed by atoms with E-state index in [9.17, 15) is 19.2 Å². The second kappa shape index (κ2) is 7.76. The number of carbonyl (C=O) groups is 4. The number of hydrogen-bond donors (Lipinski definition) is 1. The van der Waals surface area contributed by atoms with Crippen molar-refractivity contribution in [3.05, 3.63) is 58.7 Å². The maximum atomic E-state index is 13.1. The van der Waals surface area contributed by atoms with E-state index in [4.69, 9.17) is 0 Å². The lowest BCUT2D eigenvalue weighted by Crippen LogP contribution is -2.38. The van der Waals surface area contributed by atoms with E-state index < -0.39 is 0 Å². The number of imide groups is 1. The predicted octanol–water partition coefficient (Wildman–Crippen LogP) is 3.03. The third-order valence-electron chi connectivity index (χ3n) is 9.16. The first kappa shape index (κ1) is 21.5. The van der Waals surface area contributed by atoms with Crippen LogP contribution in [0.3, 0.4) is 0 Å². The number of aldehydes is 1. The van der Waals surface area contributed by atoms with Crippen molar-refractivity contribution in [2.24, 2.45) is 47.3 Å². The van der Waals surface area contributed by atoms with Gasteiger partial charge in [0.2, 0.25) is 17.7 Å². The Morgan fingerprint density at radius 1 is 1.00 bits per heavy atom. The van der Waals surface area contributed by atoms with Crippen molar-refractivity contribution in [2.75, 3.05) is 0 Å². The molecule has 8 atom stereocenters. The average molecular weight is 459 g/mol. The summed E-state index contributed by atoms with van der Waals surface area (Å²) in [6.45, 7) is 4.75. The number of carbonyl (C=O) groups excluding carboxylic acids is 4. The fourth-order valence-electron chi connectivity index (χ4n) is 7.60. The summed E-state index contributed by atoms with van der Waals surface area (Å²) >= 11 is 0. The van der Waals surface area contributed by atoms with Gasteiger partial charge in [0.25, 0.3) is 0 Å². The molecule has 2 saturated carbocycles. The summed E-state index contributed by atoms with van der Waals surface area (Å²) in [5.74, 6) is -0.269. The molecule has 6 nitrogen and oxygen atoms in total. The van der Waals surface area contributed by atoms with Gasteiger partial charge in [-0.3, -0.25) is 19.3 Å². The summed E-state index contributed by atoms with van der Waals surface area (Å²) in [6.07, 6.45) is 7.10. The van der Waals surface area contributed by atoms with Crippen LogP contribution in [0, 0.1) is 47.3 Å². The molecule has 4 bridgehead atoms. The van der Waals surface area contributed by atoms with Gasteiger partial charge in [-0.1, -0.05) is 47.6 Å². The second-order valence-electron chi connectivity index (χ2n) is 10.9. The number of benzene rings is 1. The van der Waals surface area contributed by atoms with Crippen LogP contribution in [0.4, 0.5) is 0 Å². The molecule has 1 saturated heterocycles. The number of amides is 3. The number of hydrogen-bond acceptors (Lipinski definition) is 4. The van der Waals surface area contributed by atoms with Crippen molar-refractivity contribution in [1.29, 1.82) is 0 Å². The Balaban J connectivity index is 1.12. The average Bonchev–Trinajstić information content (AvgIpc) is 3.61. The molecule has 5 aliphatic rings. The van der Waals surface area contributed by atoms with Crippen LogP contribution in [-0.2, 0) is 32.3 Å². The zero-order valence-electron chi connectivity index (χ0n) is 19.6. The summed E-state index contributed by atoms with van der Waals surface area (Å²) in [4.78, 5) is 52.2. The summed E-state index contributed by atoms with van der Waals surface area (Å²) in [5.41, 5.74) is 4.27. The summed E-state index contributed by atoms with van der Waals surface area (Å²) in [5, 5.41) is 3.03. The summed E-state index contributed by atoms with van der Waals surface area (Å²) in [6, 6.07) is 7.71. The number of nitrogens with zero attached hydrogens (tertiary/aromatic N) is 1. The third kappa shape index (κ3) is 3.07. The van der Waals surface area contributed by atoms with Gasteiger partial charge in [-0.15, -0.1) is 0 Å². The zero-order chi connectivity index (χ0) is 23.7. The molecular formula is C28H30N2O4. The van der Waals surface area contributed by atoms with Gasteiger partial charge in [0.05, 0.1) is 24.3 Å². The number of allylic oxidation sites excluding steroid dienone is 4. The van der Waals surface area contributed by atoms with E-state index in [-0.39, 0.29) is 71.6 Å². The standard InChI is InChI=1S/C28H30N2O4/c1-14-6-18-9-20(14)24(22(18)13-31)26(32)29-11-16-4-3-5-17(8-16)12-30-27(33)23-19-7-15(2)21(10-19)25(23)28(30)34/h3-8,13,18-25H,9-12H2,1-2H3,(H,29,32). The lowest BCUT2D eigenvalue weighted by molar-refractivity contribution is -0.141. The van der Waals surface area contributed by atoms with Crippen molar-refractivity contribution < 1.29 is 19.2 Å². The summed E-state index contributed by atoms with van der Waals surface area (Å²) in [7, 11) is 0. The van der Waals surface area contributed by atoms with Crippen LogP contribution in [-0.4, -0.2) is 28.9 Å². The molecule has 1 aromatic carbocycles. The molecule has 0 aromatic heterocycles. The molecule has 176 valence electrons. The maximum Gasteiger partial charge on any atom is 0.234 e. The van der Waals surface area contributed by atoms with Gasteiger partial charge < -0.3 is 10.1 Å². The molecule has 3 fully saturated rings. The van der Waals surface area contributed by atoms with Gasteiger partial charge in [0, 0.05) is 12.5 Å². The molecule has 1 aromatic rings. The van der Waals surface area contributed by atoms with Crippen LogP contribution >= 0.6 is 0 Å². The minimum atomic E-state index is -0.289. The van der Waals surface area contributed by atoms with Crippen molar-refractivity contribution in [2.45, 2.75) is 39.8 Å². The Hall–Kier alpha value is -3.02. The van der Waals surface area contributed by atoms with Crippen LogP contribution in [0.15, 0.2) is 47.6 Å². The van der Waals surface area contributed by atoms with Gasteiger partial charge in [0.15, 0.2) is 0 Å². The topological polar surface area (TPSA) is 83.6 Å². The van der Waals surface area contributed by atoms with Crippen LogP contribution in [0.2, 0.25) is 0 Å². The molecular weight excluding hydrogens is 428 g/mol. The predicted molar refractivity (Wildman–Crippen MR) is 125 cm³/mol. The highest BCUT2D eigenvalue weighted by atomic mass is 16.2. The number of nitrogens with one attached hydrogen (secondary N) is 1. The summed E-state index contributed by atoms with van der Waals surface area (Å²) < 4.78 is 0. The highest BCUT2D eigenvalue weighted by Crippen LogP contribution is 2.55. The normalized spacial score (nSPS) is 37.2. The van der Waals surface area contributed by atoms with Crippen LogP contribution in [0.25, 0.3) is 0 Å². The molecule has 0 spiro atoms. The lowest BCUT2D eigenvalue weighted by atomic mass is 9.80. The highest BCUT2D eigenvalue weighted by molar-refractivity contribution is 6.06.